The molecule has 0 amide bonds. The molecule has 0 saturated carbocycles. The van der Waals surface area contributed by atoms with Crippen molar-refractivity contribution in [2.24, 2.45) is 0 Å². The zero-order valence-corrected chi connectivity index (χ0v) is 8.62. The van der Waals surface area contributed by atoms with Crippen LogP contribution in [0.1, 0.15) is 26.7 Å². The Bertz CT molecular complexity index is 236. The SMILES string of the molecule is CC1(C)NC(/C=C/CCC(=O)O)CO1. The minimum Gasteiger partial charge on any atom is -0.481 e. The molecular formula is C10H17NO3. The largest absolute Gasteiger partial charge is 0.481 e. The van der Waals surface area contributed by atoms with Crippen molar-refractivity contribution in [1.82, 2.24) is 5.32 Å². The first kappa shape index (κ1) is 11.2. The normalized spacial score (nSPS) is 25.7. The van der Waals surface area contributed by atoms with Crippen LogP contribution in [0.4, 0.5) is 0 Å². The molecule has 1 rings (SSSR count). The molecule has 2 N–H and O–H groups in total. The second-order valence-electron chi connectivity index (χ2n) is 3.93. The number of carbonyl (C=O) groups is 1. The Morgan fingerprint density at radius 1 is 1.71 bits per heavy atom. The quantitative estimate of drug-likeness (QED) is 0.666. The monoisotopic (exact) mass is 199 g/mol. The Morgan fingerprint density at radius 2 is 2.43 bits per heavy atom. The molecule has 0 aromatic rings. The lowest BCUT2D eigenvalue weighted by atomic mass is 10.2. The fourth-order valence-electron chi connectivity index (χ4n) is 1.40. The summed E-state index contributed by atoms with van der Waals surface area (Å²) in [6.07, 6.45) is 4.62. The van der Waals surface area contributed by atoms with Crippen molar-refractivity contribution in [2.45, 2.75) is 38.5 Å². The topological polar surface area (TPSA) is 58.6 Å². The van der Waals surface area contributed by atoms with Crippen LogP contribution < -0.4 is 5.32 Å². The third-order valence-corrected chi connectivity index (χ3v) is 2.05. The predicted molar refractivity (Wildman–Crippen MR) is 53.0 cm³/mol. The van der Waals surface area contributed by atoms with Crippen molar-refractivity contribution in [2.75, 3.05) is 6.61 Å². The van der Waals surface area contributed by atoms with Crippen LogP contribution in [0.3, 0.4) is 0 Å². The summed E-state index contributed by atoms with van der Waals surface area (Å²) in [6.45, 7) is 4.59. The van der Waals surface area contributed by atoms with Gasteiger partial charge < -0.3 is 9.84 Å². The van der Waals surface area contributed by atoms with E-state index in [1.165, 1.54) is 0 Å². The molecule has 1 atom stereocenters. The molecule has 1 unspecified atom stereocenters. The Morgan fingerprint density at radius 3 is 2.93 bits per heavy atom. The number of ether oxygens (including phenoxy) is 1. The Balaban J connectivity index is 2.22. The maximum absolute atomic E-state index is 10.2. The highest BCUT2D eigenvalue weighted by Gasteiger charge is 2.28. The van der Waals surface area contributed by atoms with Crippen LogP contribution in [0.5, 0.6) is 0 Å². The van der Waals surface area contributed by atoms with E-state index >= 15 is 0 Å². The average Bonchev–Trinajstić information content (AvgIpc) is 2.39. The molecule has 1 aliphatic heterocycles. The van der Waals surface area contributed by atoms with Gasteiger partial charge in [-0.3, -0.25) is 10.1 Å². The van der Waals surface area contributed by atoms with Gasteiger partial charge in [-0.05, 0) is 20.3 Å². The van der Waals surface area contributed by atoms with Crippen LogP contribution in [0.2, 0.25) is 0 Å². The Labute approximate surface area is 83.9 Å². The molecule has 0 aliphatic carbocycles. The maximum Gasteiger partial charge on any atom is 0.303 e. The molecule has 1 saturated heterocycles. The molecule has 1 heterocycles. The van der Waals surface area contributed by atoms with Crippen LogP contribution in [0.25, 0.3) is 0 Å². The number of nitrogens with one attached hydrogen (secondary N) is 1. The standard InChI is InChI=1S/C10H17NO3/c1-10(2)11-8(7-14-10)5-3-4-6-9(12)13/h3,5,8,11H,4,6-7H2,1-2H3,(H,12,13)/b5-3+. The summed E-state index contributed by atoms with van der Waals surface area (Å²) in [5.74, 6) is -0.759. The highest BCUT2D eigenvalue weighted by Crippen LogP contribution is 2.14. The zero-order chi connectivity index (χ0) is 10.6. The lowest BCUT2D eigenvalue weighted by Gasteiger charge is -2.16. The summed E-state index contributed by atoms with van der Waals surface area (Å²) in [4.78, 5) is 10.2. The molecule has 0 radical (unpaired) electrons. The number of aliphatic carboxylic acids is 1. The molecule has 1 fully saturated rings. The smallest absolute Gasteiger partial charge is 0.303 e. The lowest BCUT2D eigenvalue weighted by Crippen LogP contribution is -2.37. The van der Waals surface area contributed by atoms with Crippen LogP contribution in [0.15, 0.2) is 12.2 Å². The average molecular weight is 199 g/mol. The first-order chi connectivity index (χ1) is 6.49. The summed E-state index contributed by atoms with van der Waals surface area (Å²) >= 11 is 0. The van der Waals surface area contributed by atoms with Gasteiger partial charge in [-0.2, -0.15) is 0 Å². The molecule has 14 heavy (non-hydrogen) atoms. The summed E-state index contributed by atoms with van der Waals surface area (Å²) in [5.41, 5.74) is -0.262. The van der Waals surface area contributed by atoms with E-state index in [1.807, 2.05) is 26.0 Å². The van der Waals surface area contributed by atoms with E-state index < -0.39 is 5.97 Å². The number of carboxylic acid groups (broad SMARTS) is 1. The van der Waals surface area contributed by atoms with Crippen LogP contribution in [0, 0.1) is 0 Å². The Kier molecular flexibility index (Phi) is 3.66. The highest BCUT2D eigenvalue weighted by molar-refractivity contribution is 5.66. The van der Waals surface area contributed by atoms with Gasteiger partial charge in [0.25, 0.3) is 0 Å². The second-order valence-corrected chi connectivity index (χ2v) is 3.93. The number of rotatable bonds is 4. The lowest BCUT2D eigenvalue weighted by molar-refractivity contribution is -0.136. The number of hydrogen-bond donors (Lipinski definition) is 2. The van der Waals surface area contributed by atoms with E-state index in [0.717, 1.165) is 0 Å². The van der Waals surface area contributed by atoms with Crippen molar-refractivity contribution >= 4 is 5.97 Å². The number of hydrogen-bond acceptors (Lipinski definition) is 3. The summed E-state index contributed by atoms with van der Waals surface area (Å²) in [5, 5.41) is 11.7. The van der Waals surface area contributed by atoms with Gasteiger partial charge in [-0.1, -0.05) is 12.2 Å². The molecule has 0 spiro atoms. The van der Waals surface area contributed by atoms with Crippen molar-refractivity contribution in [3.05, 3.63) is 12.2 Å². The van der Waals surface area contributed by atoms with Gasteiger partial charge in [0.2, 0.25) is 0 Å². The molecular weight excluding hydrogens is 182 g/mol. The first-order valence-corrected chi connectivity index (χ1v) is 4.80. The van der Waals surface area contributed by atoms with Gasteiger partial charge in [0.05, 0.1) is 12.6 Å². The van der Waals surface area contributed by atoms with E-state index in [9.17, 15) is 4.79 Å². The number of carboxylic acids is 1. The third kappa shape index (κ3) is 3.89. The van der Waals surface area contributed by atoms with Gasteiger partial charge in [0.1, 0.15) is 5.72 Å². The minimum atomic E-state index is -0.759. The van der Waals surface area contributed by atoms with E-state index in [1.54, 1.807) is 0 Å². The van der Waals surface area contributed by atoms with Crippen molar-refractivity contribution in [1.29, 1.82) is 0 Å². The summed E-state index contributed by atoms with van der Waals surface area (Å²) in [6, 6.07) is 0.207. The molecule has 4 heteroatoms. The molecule has 0 aromatic heterocycles. The minimum absolute atomic E-state index is 0.188. The van der Waals surface area contributed by atoms with Crippen molar-refractivity contribution in [3.8, 4) is 0 Å². The molecule has 80 valence electrons. The summed E-state index contributed by atoms with van der Waals surface area (Å²) < 4.78 is 5.45. The highest BCUT2D eigenvalue weighted by atomic mass is 16.5. The van der Waals surface area contributed by atoms with Gasteiger partial charge in [0.15, 0.2) is 0 Å². The van der Waals surface area contributed by atoms with Gasteiger partial charge >= 0.3 is 5.97 Å². The van der Waals surface area contributed by atoms with Crippen molar-refractivity contribution < 1.29 is 14.6 Å². The molecule has 0 bridgehead atoms. The van der Waals surface area contributed by atoms with Crippen LogP contribution >= 0.6 is 0 Å². The van der Waals surface area contributed by atoms with Gasteiger partial charge in [-0.25, -0.2) is 0 Å². The van der Waals surface area contributed by atoms with Crippen LogP contribution in [-0.4, -0.2) is 29.4 Å². The fourth-order valence-corrected chi connectivity index (χ4v) is 1.40. The molecule has 4 nitrogen and oxygen atoms in total. The van der Waals surface area contributed by atoms with Crippen molar-refractivity contribution in [3.63, 3.8) is 0 Å². The van der Waals surface area contributed by atoms with Crippen LogP contribution in [-0.2, 0) is 9.53 Å². The van der Waals surface area contributed by atoms with E-state index in [4.69, 9.17) is 9.84 Å². The Hall–Kier alpha value is -0.870. The van der Waals surface area contributed by atoms with E-state index in [-0.39, 0.29) is 18.2 Å². The molecule has 0 aromatic carbocycles. The summed E-state index contributed by atoms with van der Waals surface area (Å²) in [7, 11) is 0. The second kappa shape index (κ2) is 4.57. The zero-order valence-electron chi connectivity index (χ0n) is 8.62. The first-order valence-electron chi connectivity index (χ1n) is 4.80. The predicted octanol–water partition coefficient (Wildman–Crippen LogP) is 1.13. The number of allylic oxidation sites excluding steroid dienone is 1. The van der Waals surface area contributed by atoms with E-state index in [2.05, 4.69) is 5.32 Å². The maximum atomic E-state index is 10.2. The molecule has 1 aliphatic rings. The van der Waals surface area contributed by atoms with Gasteiger partial charge in [0, 0.05) is 6.42 Å². The third-order valence-electron chi connectivity index (χ3n) is 2.05. The fraction of sp³-hybridized carbons (Fsp3) is 0.700. The van der Waals surface area contributed by atoms with Gasteiger partial charge in [-0.15, -0.1) is 0 Å². The van der Waals surface area contributed by atoms with E-state index in [0.29, 0.717) is 13.0 Å².